The minimum absolute atomic E-state index is 0.0238. The Labute approximate surface area is 121 Å². The quantitative estimate of drug-likeness (QED) is 0.936. The minimum atomic E-state index is -3.83. The first-order valence-electron chi connectivity index (χ1n) is 5.44. The minimum Gasteiger partial charge on any atom is -0.261 e. The SMILES string of the molecule is Cc1cc(S(=O)(=O)Nc2nccnc2Cl)ccc1C#N. The Balaban J connectivity index is 2.39. The number of benzene rings is 1. The van der Waals surface area contributed by atoms with Crippen molar-refractivity contribution in [2.24, 2.45) is 0 Å². The summed E-state index contributed by atoms with van der Waals surface area (Å²) in [6.07, 6.45) is 2.68. The first kappa shape index (κ1) is 14.2. The van der Waals surface area contributed by atoms with E-state index in [1.54, 1.807) is 6.92 Å². The first-order chi connectivity index (χ1) is 9.44. The number of aromatic nitrogens is 2. The molecule has 102 valence electrons. The molecule has 20 heavy (non-hydrogen) atoms. The normalized spacial score (nSPS) is 10.8. The molecule has 0 saturated carbocycles. The summed E-state index contributed by atoms with van der Waals surface area (Å²) >= 11 is 5.75. The van der Waals surface area contributed by atoms with E-state index in [0.717, 1.165) is 0 Å². The van der Waals surface area contributed by atoms with Crippen molar-refractivity contribution >= 4 is 27.4 Å². The fourth-order valence-electron chi connectivity index (χ4n) is 1.50. The zero-order chi connectivity index (χ0) is 14.8. The van der Waals surface area contributed by atoms with Crippen LogP contribution < -0.4 is 4.72 Å². The van der Waals surface area contributed by atoms with Crippen LogP contribution >= 0.6 is 11.6 Å². The van der Waals surface area contributed by atoms with E-state index < -0.39 is 10.0 Å². The lowest BCUT2D eigenvalue weighted by atomic mass is 10.1. The van der Waals surface area contributed by atoms with E-state index in [1.165, 1.54) is 30.6 Å². The molecule has 0 aliphatic rings. The van der Waals surface area contributed by atoms with Crippen molar-refractivity contribution in [2.45, 2.75) is 11.8 Å². The van der Waals surface area contributed by atoms with Gasteiger partial charge in [-0.25, -0.2) is 18.4 Å². The summed E-state index contributed by atoms with van der Waals surface area (Å²) < 4.78 is 26.6. The molecule has 8 heteroatoms. The van der Waals surface area contributed by atoms with Gasteiger partial charge in [-0.15, -0.1) is 0 Å². The zero-order valence-corrected chi connectivity index (χ0v) is 11.9. The third-order valence-electron chi connectivity index (χ3n) is 2.51. The molecule has 0 fully saturated rings. The maximum Gasteiger partial charge on any atom is 0.263 e. The van der Waals surface area contributed by atoms with Crippen LogP contribution in [0.2, 0.25) is 5.15 Å². The summed E-state index contributed by atoms with van der Waals surface area (Å²) in [4.78, 5) is 7.57. The van der Waals surface area contributed by atoms with Crippen molar-refractivity contribution in [2.75, 3.05) is 4.72 Å². The van der Waals surface area contributed by atoms with E-state index in [1.807, 2.05) is 6.07 Å². The van der Waals surface area contributed by atoms with Gasteiger partial charge < -0.3 is 0 Å². The second kappa shape index (κ2) is 5.45. The fourth-order valence-corrected chi connectivity index (χ4v) is 2.81. The van der Waals surface area contributed by atoms with Crippen LogP contribution in [-0.2, 0) is 10.0 Å². The second-order valence-electron chi connectivity index (χ2n) is 3.89. The van der Waals surface area contributed by atoms with Gasteiger partial charge in [0.05, 0.1) is 16.5 Å². The van der Waals surface area contributed by atoms with E-state index in [-0.39, 0.29) is 15.9 Å². The van der Waals surface area contributed by atoms with Gasteiger partial charge in [-0.05, 0) is 30.7 Å². The summed E-state index contributed by atoms with van der Waals surface area (Å²) in [5, 5.41) is 8.79. The van der Waals surface area contributed by atoms with Gasteiger partial charge in [-0.3, -0.25) is 4.72 Å². The van der Waals surface area contributed by atoms with Gasteiger partial charge in [0, 0.05) is 12.4 Å². The molecule has 0 aliphatic heterocycles. The van der Waals surface area contributed by atoms with Crippen molar-refractivity contribution < 1.29 is 8.42 Å². The van der Waals surface area contributed by atoms with Gasteiger partial charge in [0.15, 0.2) is 11.0 Å². The summed E-state index contributed by atoms with van der Waals surface area (Å²) in [5.41, 5.74) is 0.988. The Morgan fingerprint density at radius 1 is 1.30 bits per heavy atom. The van der Waals surface area contributed by atoms with Crippen molar-refractivity contribution in [1.29, 1.82) is 5.26 Å². The van der Waals surface area contributed by atoms with Crippen molar-refractivity contribution in [1.82, 2.24) is 9.97 Å². The molecule has 0 radical (unpaired) electrons. The van der Waals surface area contributed by atoms with E-state index in [9.17, 15) is 8.42 Å². The number of rotatable bonds is 3. The van der Waals surface area contributed by atoms with E-state index in [2.05, 4.69) is 14.7 Å². The summed E-state index contributed by atoms with van der Waals surface area (Å²) in [5.74, 6) is -0.0452. The van der Waals surface area contributed by atoms with Gasteiger partial charge in [0.2, 0.25) is 0 Å². The Kier molecular flexibility index (Phi) is 3.88. The highest BCUT2D eigenvalue weighted by molar-refractivity contribution is 7.92. The fraction of sp³-hybridized carbons (Fsp3) is 0.0833. The molecule has 0 aliphatic carbocycles. The predicted molar refractivity (Wildman–Crippen MR) is 73.7 cm³/mol. The third-order valence-corrected chi connectivity index (χ3v) is 4.13. The molecule has 0 bridgehead atoms. The topological polar surface area (TPSA) is 95.7 Å². The van der Waals surface area contributed by atoms with Gasteiger partial charge in [0.1, 0.15) is 0 Å². The third kappa shape index (κ3) is 2.87. The van der Waals surface area contributed by atoms with E-state index in [4.69, 9.17) is 16.9 Å². The molecule has 2 aromatic rings. The lowest BCUT2D eigenvalue weighted by Gasteiger charge is -2.09. The van der Waals surface area contributed by atoms with E-state index in [0.29, 0.717) is 11.1 Å². The van der Waals surface area contributed by atoms with Gasteiger partial charge in [-0.2, -0.15) is 5.26 Å². The first-order valence-corrected chi connectivity index (χ1v) is 7.30. The van der Waals surface area contributed by atoms with Crippen molar-refractivity contribution in [3.05, 3.63) is 46.9 Å². The molecule has 2 rings (SSSR count). The van der Waals surface area contributed by atoms with Crippen LogP contribution in [0.4, 0.5) is 5.82 Å². The highest BCUT2D eigenvalue weighted by atomic mass is 35.5. The average molecular weight is 309 g/mol. The summed E-state index contributed by atoms with van der Waals surface area (Å²) in [6.45, 7) is 1.66. The standard InChI is InChI=1S/C12H9ClN4O2S/c1-8-6-10(3-2-9(8)7-14)20(18,19)17-12-11(13)15-4-5-16-12/h2-6H,1H3,(H,16,17). The van der Waals surface area contributed by atoms with Crippen LogP contribution in [-0.4, -0.2) is 18.4 Å². The zero-order valence-electron chi connectivity index (χ0n) is 10.3. The van der Waals surface area contributed by atoms with Crippen LogP contribution in [0, 0.1) is 18.3 Å². The maximum absolute atomic E-state index is 12.2. The molecule has 1 aromatic heterocycles. The molecule has 0 unspecified atom stereocenters. The smallest absolute Gasteiger partial charge is 0.261 e. The van der Waals surface area contributed by atoms with Crippen molar-refractivity contribution in [3.8, 4) is 6.07 Å². The molecule has 0 saturated heterocycles. The lowest BCUT2D eigenvalue weighted by Crippen LogP contribution is -2.14. The Morgan fingerprint density at radius 2 is 2.00 bits per heavy atom. The van der Waals surface area contributed by atoms with Crippen LogP contribution in [0.1, 0.15) is 11.1 Å². The van der Waals surface area contributed by atoms with Gasteiger partial charge in [0.25, 0.3) is 10.0 Å². The number of sulfonamides is 1. The predicted octanol–water partition coefficient (Wildman–Crippen LogP) is 2.11. The number of nitrogens with one attached hydrogen (secondary N) is 1. The Morgan fingerprint density at radius 3 is 2.60 bits per heavy atom. The molecule has 1 aromatic carbocycles. The number of nitrogens with zero attached hydrogens (tertiary/aromatic N) is 3. The monoisotopic (exact) mass is 308 g/mol. The maximum atomic E-state index is 12.2. The van der Waals surface area contributed by atoms with Crippen LogP contribution in [0.25, 0.3) is 0 Å². The van der Waals surface area contributed by atoms with Crippen LogP contribution in [0.3, 0.4) is 0 Å². The highest BCUT2D eigenvalue weighted by Gasteiger charge is 2.17. The second-order valence-corrected chi connectivity index (χ2v) is 5.93. The largest absolute Gasteiger partial charge is 0.263 e. The van der Waals surface area contributed by atoms with E-state index >= 15 is 0 Å². The Hall–Kier alpha value is -2.17. The molecule has 0 atom stereocenters. The number of nitriles is 1. The summed E-state index contributed by atoms with van der Waals surface area (Å²) in [6, 6.07) is 6.17. The molecule has 0 amide bonds. The number of aryl methyl sites for hydroxylation is 1. The van der Waals surface area contributed by atoms with Crippen LogP contribution in [0.15, 0.2) is 35.5 Å². The lowest BCUT2D eigenvalue weighted by molar-refractivity contribution is 0.601. The number of anilines is 1. The molecular formula is C12H9ClN4O2S. The number of hydrogen-bond acceptors (Lipinski definition) is 5. The number of halogens is 1. The average Bonchev–Trinajstić information content (AvgIpc) is 2.41. The Bertz CT molecular complexity index is 799. The molecule has 1 N–H and O–H groups in total. The summed E-state index contributed by atoms with van der Waals surface area (Å²) in [7, 11) is -3.83. The highest BCUT2D eigenvalue weighted by Crippen LogP contribution is 2.21. The van der Waals surface area contributed by atoms with Gasteiger partial charge >= 0.3 is 0 Å². The molecule has 6 nitrogen and oxygen atoms in total. The van der Waals surface area contributed by atoms with Crippen molar-refractivity contribution in [3.63, 3.8) is 0 Å². The molecule has 0 spiro atoms. The molecule has 1 heterocycles. The van der Waals surface area contributed by atoms with Crippen LogP contribution in [0.5, 0.6) is 0 Å². The molecular weight excluding hydrogens is 300 g/mol. The number of hydrogen-bond donors (Lipinski definition) is 1. The van der Waals surface area contributed by atoms with Gasteiger partial charge in [-0.1, -0.05) is 11.6 Å².